The lowest BCUT2D eigenvalue weighted by Gasteiger charge is -2.24. The van der Waals surface area contributed by atoms with Crippen LogP contribution < -0.4 is 10.0 Å². The quantitative estimate of drug-likeness (QED) is 0.421. The molecule has 2 aromatic carbocycles. The molecule has 3 aromatic rings. The summed E-state index contributed by atoms with van der Waals surface area (Å²) in [7, 11) is -4.53. The predicted octanol–water partition coefficient (Wildman–Crippen LogP) is 5.58. The second-order valence-corrected chi connectivity index (χ2v) is 8.74. The first kappa shape index (κ1) is 24.0. The number of nitrogens with one attached hydrogen (secondary N) is 2. The van der Waals surface area contributed by atoms with Crippen molar-refractivity contribution in [2.45, 2.75) is 17.1 Å². The maximum atomic E-state index is 14.6. The Morgan fingerprint density at radius 1 is 1.00 bits per heavy atom. The Hall–Kier alpha value is -2.70. The molecule has 2 N–H and O–H groups in total. The van der Waals surface area contributed by atoms with Gasteiger partial charge in [-0.15, -0.1) is 0 Å². The fourth-order valence-electron chi connectivity index (χ4n) is 2.62. The van der Waals surface area contributed by atoms with E-state index in [-0.39, 0.29) is 10.8 Å². The highest BCUT2D eigenvalue weighted by Crippen LogP contribution is 2.40. The van der Waals surface area contributed by atoms with Crippen molar-refractivity contribution in [3.8, 4) is 0 Å². The zero-order valence-electron chi connectivity index (χ0n) is 15.5. The molecule has 0 fully saturated rings. The Morgan fingerprint density at radius 3 is 2.34 bits per heavy atom. The molecule has 6 nitrogen and oxygen atoms in total. The van der Waals surface area contributed by atoms with E-state index in [1.54, 1.807) is 0 Å². The Morgan fingerprint density at radius 2 is 1.72 bits per heavy atom. The van der Waals surface area contributed by atoms with Crippen LogP contribution in [0.4, 0.5) is 33.5 Å². The van der Waals surface area contributed by atoms with Gasteiger partial charge in [0.15, 0.2) is 6.04 Å². The molecule has 0 spiro atoms. The van der Waals surface area contributed by atoms with Crippen LogP contribution >= 0.6 is 23.2 Å². The van der Waals surface area contributed by atoms with Crippen LogP contribution in [0.3, 0.4) is 0 Å². The Bertz CT molecular complexity index is 1240. The number of rotatable bonds is 6. The summed E-state index contributed by atoms with van der Waals surface area (Å²) in [6, 6.07) is 2.18. The number of hydrogen-bond acceptors (Lipinski definition) is 5. The minimum atomic E-state index is -5.04. The van der Waals surface area contributed by atoms with Gasteiger partial charge in [-0.2, -0.15) is 13.2 Å². The average molecular weight is 513 g/mol. The van der Waals surface area contributed by atoms with E-state index in [0.29, 0.717) is 12.1 Å². The van der Waals surface area contributed by atoms with Gasteiger partial charge in [-0.05, 0) is 36.4 Å². The minimum absolute atomic E-state index is 0.160. The van der Waals surface area contributed by atoms with E-state index in [0.717, 1.165) is 24.5 Å². The molecule has 0 aliphatic rings. The summed E-state index contributed by atoms with van der Waals surface area (Å²) in [6.07, 6.45) is -2.77. The van der Waals surface area contributed by atoms with Crippen LogP contribution in [0, 0.1) is 11.6 Å². The minimum Gasteiger partial charge on any atom is -0.369 e. The summed E-state index contributed by atoms with van der Waals surface area (Å²) < 4.78 is 96.4. The van der Waals surface area contributed by atoms with Crippen LogP contribution in [0.1, 0.15) is 11.6 Å². The third-order valence-corrected chi connectivity index (χ3v) is 5.95. The molecule has 0 bridgehead atoms. The van der Waals surface area contributed by atoms with Gasteiger partial charge in [0.2, 0.25) is 0 Å². The number of sulfonamides is 1. The van der Waals surface area contributed by atoms with Crippen molar-refractivity contribution in [2.24, 2.45) is 0 Å². The molecule has 1 heterocycles. The third kappa shape index (κ3) is 5.37. The van der Waals surface area contributed by atoms with E-state index in [1.165, 1.54) is 12.3 Å². The van der Waals surface area contributed by atoms with E-state index >= 15 is 0 Å². The molecule has 0 radical (unpaired) electrons. The van der Waals surface area contributed by atoms with Crippen LogP contribution in [0.5, 0.6) is 0 Å². The van der Waals surface area contributed by atoms with Crippen LogP contribution in [0.15, 0.2) is 53.8 Å². The largest absolute Gasteiger partial charge is 0.412 e. The molecule has 1 atom stereocenters. The number of hydrogen-bond donors (Lipinski definition) is 2. The number of benzene rings is 2. The van der Waals surface area contributed by atoms with Gasteiger partial charge >= 0.3 is 6.18 Å². The zero-order chi connectivity index (χ0) is 23.7. The summed E-state index contributed by atoms with van der Waals surface area (Å²) in [5.41, 5.74) is -1.48. The fourth-order valence-corrected chi connectivity index (χ4v) is 4.17. The summed E-state index contributed by atoms with van der Waals surface area (Å²) in [5, 5.41) is 1.19. The summed E-state index contributed by atoms with van der Waals surface area (Å²) in [6.45, 7) is 0. The van der Waals surface area contributed by atoms with E-state index in [4.69, 9.17) is 23.2 Å². The molecule has 170 valence electrons. The smallest absolute Gasteiger partial charge is 0.369 e. The maximum Gasteiger partial charge on any atom is 0.412 e. The van der Waals surface area contributed by atoms with Crippen LogP contribution in [0.2, 0.25) is 10.0 Å². The topological polar surface area (TPSA) is 84.0 Å². The number of halogens is 7. The highest BCUT2D eigenvalue weighted by Gasteiger charge is 2.43. The van der Waals surface area contributed by atoms with Gasteiger partial charge in [-0.1, -0.05) is 23.2 Å². The van der Waals surface area contributed by atoms with Crippen molar-refractivity contribution in [1.29, 1.82) is 0 Å². The van der Waals surface area contributed by atoms with Gasteiger partial charge in [0.05, 0.1) is 10.7 Å². The molecule has 0 aliphatic heterocycles. The zero-order valence-corrected chi connectivity index (χ0v) is 17.8. The van der Waals surface area contributed by atoms with Gasteiger partial charge in [0.1, 0.15) is 28.7 Å². The molecule has 1 aromatic heterocycles. The van der Waals surface area contributed by atoms with Crippen molar-refractivity contribution in [2.75, 3.05) is 10.0 Å². The standard InChI is InChI=1S/C18H11Cl2F5N4O2S/c19-9-1-2-12(21)10(5-9)17(18(23,24)25)28-14-7-13(22)15(6-11(14)20)32(30,31)29-16-3-4-26-8-27-16/h1-8,17,28H,(H,26,27,29). The number of nitrogens with zero attached hydrogens (tertiary/aromatic N) is 2. The molecule has 3 rings (SSSR count). The molecular formula is C18H11Cl2F5N4O2S. The van der Waals surface area contributed by atoms with E-state index in [1.807, 2.05) is 10.0 Å². The molecule has 0 saturated heterocycles. The Balaban J connectivity index is 1.98. The Kier molecular flexibility index (Phi) is 6.77. The predicted molar refractivity (Wildman–Crippen MR) is 108 cm³/mol. The monoisotopic (exact) mass is 512 g/mol. The van der Waals surface area contributed by atoms with Crippen molar-refractivity contribution in [3.05, 3.63) is 76.2 Å². The SMILES string of the molecule is O=S(=O)(Nc1ccncn1)c1cc(Cl)c(NC(c2cc(Cl)ccc2F)C(F)(F)F)cc1F. The second-order valence-electron chi connectivity index (χ2n) is 6.25. The first-order chi connectivity index (χ1) is 14.9. The first-order valence-corrected chi connectivity index (χ1v) is 10.7. The van der Waals surface area contributed by atoms with Gasteiger partial charge in [-0.3, -0.25) is 4.72 Å². The van der Waals surface area contributed by atoms with Gasteiger partial charge in [-0.25, -0.2) is 27.2 Å². The van der Waals surface area contributed by atoms with Crippen molar-refractivity contribution >= 4 is 44.7 Å². The van der Waals surface area contributed by atoms with Crippen LogP contribution in [-0.4, -0.2) is 24.6 Å². The highest BCUT2D eigenvalue weighted by atomic mass is 35.5. The fraction of sp³-hybridized carbons (Fsp3) is 0.111. The van der Waals surface area contributed by atoms with Crippen molar-refractivity contribution < 1.29 is 30.4 Å². The second kappa shape index (κ2) is 9.04. The third-order valence-electron chi connectivity index (χ3n) is 4.03. The van der Waals surface area contributed by atoms with Gasteiger partial charge in [0, 0.05) is 16.8 Å². The molecule has 14 heteroatoms. The lowest BCUT2D eigenvalue weighted by Crippen LogP contribution is -2.29. The average Bonchev–Trinajstić information content (AvgIpc) is 2.69. The lowest BCUT2D eigenvalue weighted by molar-refractivity contribution is -0.144. The van der Waals surface area contributed by atoms with Crippen LogP contribution in [0.25, 0.3) is 0 Å². The highest BCUT2D eigenvalue weighted by molar-refractivity contribution is 7.92. The van der Waals surface area contributed by atoms with E-state index < -0.39 is 55.0 Å². The molecule has 0 aliphatic carbocycles. The normalized spacial score (nSPS) is 13.0. The molecule has 1 unspecified atom stereocenters. The summed E-state index contributed by atoms with van der Waals surface area (Å²) >= 11 is 11.6. The summed E-state index contributed by atoms with van der Waals surface area (Å²) in [4.78, 5) is 6.29. The van der Waals surface area contributed by atoms with E-state index in [9.17, 15) is 30.4 Å². The molecule has 0 saturated carbocycles. The van der Waals surface area contributed by atoms with Gasteiger partial charge in [0.25, 0.3) is 10.0 Å². The first-order valence-electron chi connectivity index (χ1n) is 8.44. The van der Waals surface area contributed by atoms with Gasteiger partial charge < -0.3 is 5.32 Å². The molecule has 32 heavy (non-hydrogen) atoms. The van der Waals surface area contributed by atoms with E-state index in [2.05, 4.69) is 9.97 Å². The molecule has 0 amide bonds. The van der Waals surface area contributed by atoms with Crippen LogP contribution in [-0.2, 0) is 10.0 Å². The number of aromatic nitrogens is 2. The van der Waals surface area contributed by atoms with Crippen molar-refractivity contribution in [1.82, 2.24) is 9.97 Å². The molecular weight excluding hydrogens is 502 g/mol. The lowest BCUT2D eigenvalue weighted by atomic mass is 10.1. The number of anilines is 2. The number of alkyl halides is 3. The maximum absolute atomic E-state index is 14.6. The summed E-state index contributed by atoms with van der Waals surface area (Å²) in [5.74, 6) is -2.80. The Labute approximate surface area is 188 Å². The van der Waals surface area contributed by atoms with Crippen molar-refractivity contribution in [3.63, 3.8) is 0 Å².